The molecule has 0 atom stereocenters. The van der Waals surface area contributed by atoms with Gasteiger partial charge in [-0.3, -0.25) is 25.0 Å². The van der Waals surface area contributed by atoms with Gasteiger partial charge < -0.3 is 9.72 Å². The Morgan fingerprint density at radius 3 is 2.67 bits per heavy atom. The molecule has 1 aromatic carbocycles. The molecule has 2 N–H and O–H groups in total. The van der Waals surface area contributed by atoms with Gasteiger partial charge in [0.15, 0.2) is 5.65 Å². The zero-order valence-electron chi connectivity index (χ0n) is 21.1. The molecule has 1 aliphatic rings. The van der Waals surface area contributed by atoms with Crippen LogP contribution in [0.2, 0.25) is 0 Å². The third-order valence-electron chi connectivity index (χ3n) is 7.13. The zero-order valence-corrected chi connectivity index (χ0v) is 21.1. The summed E-state index contributed by atoms with van der Waals surface area (Å²) in [5.74, 6) is 0.162. The first-order valence-corrected chi connectivity index (χ1v) is 12.9. The highest BCUT2D eigenvalue weighted by Gasteiger charge is 2.17. The number of likely N-dealkylation sites (tertiary alicyclic amines) is 1. The second-order valence-corrected chi connectivity index (χ2v) is 9.69. The van der Waals surface area contributed by atoms with E-state index < -0.39 is 0 Å². The Labute approximate surface area is 223 Å². The van der Waals surface area contributed by atoms with Crippen molar-refractivity contribution in [2.45, 2.75) is 12.8 Å². The maximum Gasteiger partial charge on any atom is 0.155 e. The molecule has 0 unspecified atom stereocenters. The lowest BCUT2D eigenvalue weighted by atomic mass is 10.0. The van der Waals surface area contributed by atoms with Gasteiger partial charge in [-0.1, -0.05) is 0 Å². The van der Waals surface area contributed by atoms with Crippen molar-refractivity contribution in [3.63, 3.8) is 0 Å². The topological polar surface area (TPSA) is 108 Å². The Morgan fingerprint density at radius 1 is 0.872 bits per heavy atom. The molecule has 194 valence electrons. The Hall–Kier alpha value is -4.70. The number of benzene rings is 1. The van der Waals surface area contributed by atoms with E-state index in [0.29, 0.717) is 23.6 Å². The van der Waals surface area contributed by atoms with Crippen molar-refractivity contribution in [1.82, 2.24) is 40.0 Å². The van der Waals surface area contributed by atoms with E-state index in [1.807, 2.05) is 18.2 Å². The maximum absolute atomic E-state index is 14.7. The molecular weight excluding hydrogens is 495 g/mol. The standard InChI is InChI=1S/C29H25FN8O/c30-20-9-18(10-21(12-20)39-8-7-38-5-1-2-6-38)24-15-32-17-27-22(24)13-25(35-27)28-23-11-19(14-34-29(23)37-36-28)26-16-31-3-4-33-26/h3-4,9-17,35H,1-2,5-8H2,(H,34,36,37). The summed E-state index contributed by atoms with van der Waals surface area (Å²) in [7, 11) is 0. The van der Waals surface area contributed by atoms with Crippen LogP contribution in [0, 0.1) is 5.82 Å². The van der Waals surface area contributed by atoms with Crippen molar-refractivity contribution < 1.29 is 9.13 Å². The molecule has 1 fully saturated rings. The Morgan fingerprint density at radius 2 is 1.79 bits per heavy atom. The molecule has 6 aromatic rings. The second kappa shape index (κ2) is 9.88. The molecule has 0 saturated carbocycles. The predicted octanol–water partition coefficient (Wildman–Crippen LogP) is 5.24. The first-order valence-electron chi connectivity index (χ1n) is 12.9. The van der Waals surface area contributed by atoms with Crippen molar-refractivity contribution in [2.75, 3.05) is 26.2 Å². The van der Waals surface area contributed by atoms with Gasteiger partial charge in [-0.15, -0.1) is 0 Å². The summed E-state index contributed by atoms with van der Waals surface area (Å²) in [6.45, 7) is 3.57. The molecule has 9 nitrogen and oxygen atoms in total. The molecule has 6 heterocycles. The number of hydrogen-bond acceptors (Lipinski definition) is 7. The fourth-order valence-corrected chi connectivity index (χ4v) is 5.21. The number of pyridine rings is 2. The van der Waals surface area contributed by atoms with E-state index in [4.69, 9.17) is 4.74 Å². The number of aromatic amines is 2. The van der Waals surface area contributed by atoms with Gasteiger partial charge in [0.05, 0.1) is 29.3 Å². The van der Waals surface area contributed by atoms with Gasteiger partial charge in [0.2, 0.25) is 0 Å². The van der Waals surface area contributed by atoms with Crippen LogP contribution in [0.25, 0.3) is 55.7 Å². The minimum absolute atomic E-state index is 0.350. The van der Waals surface area contributed by atoms with E-state index in [0.717, 1.165) is 64.1 Å². The number of rotatable bonds is 7. The molecule has 10 heteroatoms. The fourth-order valence-electron chi connectivity index (χ4n) is 5.21. The van der Waals surface area contributed by atoms with Crippen molar-refractivity contribution in [2.24, 2.45) is 0 Å². The van der Waals surface area contributed by atoms with Crippen LogP contribution in [0.5, 0.6) is 5.75 Å². The first kappa shape index (κ1) is 23.4. The highest BCUT2D eigenvalue weighted by atomic mass is 19.1. The fraction of sp³-hybridized carbons (Fsp3) is 0.207. The Kier molecular flexibility index (Phi) is 5.93. The number of H-pyrrole nitrogens is 2. The van der Waals surface area contributed by atoms with Crippen LogP contribution in [-0.4, -0.2) is 66.3 Å². The predicted molar refractivity (Wildman–Crippen MR) is 147 cm³/mol. The number of fused-ring (bicyclic) bond motifs is 2. The van der Waals surface area contributed by atoms with Crippen molar-refractivity contribution in [1.29, 1.82) is 0 Å². The smallest absolute Gasteiger partial charge is 0.155 e. The average molecular weight is 521 g/mol. The minimum atomic E-state index is -0.350. The Balaban J connectivity index is 1.23. The molecule has 7 rings (SSSR count). The quantitative estimate of drug-likeness (QED) is 0.296. The van der Waals surface area contributed by atoms with E-state index >= 15 is 0 Å². The molecule has 1 saturated heterocycles. The van der Waals surface area contributed by atoms with Crippen LogP contribution < -0.4 is 4.74 Å². The van der Waals surface area contributed by atoms with Crippen LogP contribution in [0.4, 0.5) is 4.39 Å². The largest absolute Gasteiger partial charge is 0.492 e. The number of aromatic nitrogens is 7. The average Bonchev–Trinajstić information content (AvgIpc) is 3.72. The summed E-state index contributed by atoms with van der Waals surface area (Å²) in [6, 6.07) is 8.82. The number of nitrogens with zero attached hydrogens (tertiary/aromatic N) is 6. The van der Waals surface area contributed by atoms with Crippen molar-refractivity contribution >= 4 is 21.9 Å². The van der Waals surface area contributed by atoms with Gasteiger partial charge in [-0.2, -0.15) is 5.10 Å². The molecule has 0 amide bonds. The van der Waals surface area contributed by atoms with E-state index in [1.165, 1.54) is 25.0 Å². The number of hydrogen-bond donors (Lipinski definition) is 2. The minimum Gasteiger partial charge on any atom is -0.492 e. The Bertz CT molecular complexity index is 1780. The van der Waals surface area contributed by atoms with Gasteiger partial charge in [-0.05, 0) is 55.8 Å². The summed E-state index contributed by atoms with van der Waals surface area (Å²) in [5, 5.41) is 9.29. The summed E-state index contributed by atoms with van der Waals surface area (Å²) >= 11 is 0. The summed E-state index contributed by atoms with van der Waals surface area (Å²) in [5.41, 5.74) is 6.07. The van der Waals surface area contributed by atoms with E-state index in [2.05, 4.69) is 40.0 Å². The highest BCUT2D eigenvalue weighted by molar-refractivity contribution is 6.00. The number of halogens is 1. The molecule has 5 aromatic heterocycles. The van der Waals surface area contributed by atoms with E-state index in [9.17, 15) is 4.39 Å². The van der Waals surface area contributed by atoms with Crippen LogP contribution in [0.15, 0.2) is 67.5 Å². The van der Waals surface area contributed by atoms with Gasteiger partial charge >= 0.3 is 0 Å². The van der Waals surface area contributed by atoms with E-state index in [1.54, 1.807) is 37.2 Å². The third-order valence-corrected chi connectivity index (χ3v) is 7.13. The lowest BCUT2D eigenvalue weighted by Gasteiger charge is -2.15. The number of ether oxygens (including phenoxy) is 1. The summed E-state index contributed by atoms with van der Waals surface area (Å²) < 4.78 is 20.6. The first-order chi connectivity index (χ1) is 19.2. The van der Waals surface area contributed by atoms with Crippen LogP contribution in [0.3, 0.4) is 0 Å². The maximum atomic E-state index is 14.7. The van der Waals surface area contributed by atoms with Gasteiger partial charge in [0, 0.05) is 59.3 Å². The summed E-state index contributed by atoms with van der Waals surface area (Å²) in [4.78, 5) is 23.3. The van der Waals surface area contributed by atoms with Crippen molar-refractivity contribution in [3.05, 3.63) is 73.3 Å². The molecule has 0 bridgehead atoms. The lowest BCUT2D eigenvalue weighted by Crippen LogP contribution is -2.25. The van der Waals surface area contributed by atoms with Gasteiger partial charge in [-0.25, -0.2) is 9.37 Å². The molecule has 0 spiro atoms. The second-order valence-electron chi connectivity index (χ2n) is 9.69. The normalized spacial score (nSPS) is 14.0. The number of nitrogens with one attached hydrogen (secondary N) is 2. The SMILES string of the molecule is Fc1cc(OCCN2CCCC2)cc(-c2cncc3[nH]c(-c4n[nH]c5ncc(-c6cnccn6)cc45)cc23)c1. The monoisotopic (exact) mass is 520 g/mol. The highest BCUT2D eigenvalue weighted by Crippen LogP contribution is 2.35. The lowest BCUT2D eigenvalue weighted by molar-refractivity contribution is 0.237. The van der Waals surface area contributed by atoms with Gasteiger partial charge in [0.1, 0.15) is 23.9 Å². The van der Waals surface area contributed by atoms with Crippen LogP contribution >= 0.6 is 0 Å². The molecule has 0 radical (unpaired) electrons. The summed E-state index contributed by atoms with van der Waals surface area (Å²) in [6.07, 6.45) is 12.7. The third kappa shape index (κ3) is 4.59. The van der Waals surface area contributed by atoms with Crippen molar-refractivity contribution in [3.8, 4) is 39.5 Å². The van der Waals surface area contributed by atoms with Gasteiger partial charge in [0.25, 0.3) is 0 Å². The van der Waals surface area contributed by atoms with Crippen LogP contribution in [-0.2, 0) is 0 Å². The zero-order chi connectivity index (χ0) is 26.2. The van der Waals surface area contributed by atoms with Crippen LogP contribution in [0.1, 0.15) is 12.8 Å². The molecule has 1 aliphatic heterocycles. The molecular formula is C29H25FN8O. The molecule has 39 heavy (non-hydrogen) atoms. The molecule has 0 aliphatic carbocycles. The van der Waals surface area contributed by atoms with E-state index in [-0.39, 0.29) is 5.82 Å².